The predicted octanol–water partition coefficient (Wildman–Crippen LogP) is 4.06. The lowest BCUT2D eigenvalue weighted by atomic mass is 9.91. The molecule has 0 unspecified atom stereocenters. The minimum Gasteiger partial charge on any atom is -0.267 e. The molecule has 9 heteroatoms. The smallest absolute Gasteiger partial charge is 0.267 e. The molecule has 1 aromatic carbocycles. The van der Waals surface area contributed by atoms with Crippen LogP contribution in [-0.4, -0.2) is 35.0 Å². The highest BCUT2D eigenvalue weighted by Crippen LogP contribution is 2.40. The van der Waals surface area contributed by atoms with Crippen LogP contribution in [0.15, 0.2) is 35.2 Å². The molecule has 0 radical (unpaired) electrons. The topological polar surface area (TPSA) is 72.3 Å². The summed E-state index contributed by atoms with van der Waals surface area (Å²) in [5.41, 5.74) is 3.72. The van der Waals surface area contributed by atoms with Gasteiger partial charge in [0.2, 0.25) is 0 Å². The molecule has 1 aliphatic carbocycles. The first-order chi connectivity index (χ1) is 13.8. The molecule has 0 bridgehead atoms. The number of carbonyl (C=O) groups excluding carboxylic acids is 1. The molecular weight excluding hydrogens is 430 g/mol. The van der Waals surface area contributed by atoms with Crippen LogP contribution in [0.1, 0.15) is 33.4 Å². The molecule has 4 rings (SSSR count). The Morgan fingerprint density at radius 1 is 1.28 bits per heavy atom. The third-order valence-electron chi connectivity index (χ3n) is 5.11. The predicted molar refractivity (Wildman–Crippen MR) is 114 cm³/mol. The van der Waals surface area contributed by atoms with Crippen molar-refractivity contribution in [3.63, 3.8) is 0 Å². The van der Waals surface area contributed by atoms with Gasteiger partial charge < -0.3 is 0 Å². The van der Waals surface area contributed by atoms with Crippen molar-refractivity contribution in [2.75, 3.05) is 6.54 Å². The summed E-state index contributed by atoms with van der Waals surface area (Å²) in [5, 5.41) is 4.07. The molecule has 0 fully saturated rings. The van der Waals surface area contributed by atoms with Gasteiger partial charge in [0.05, 0.1) is 10.6 Å². The summed E-state index contributed by atoms with van der Waals surface area (Å²) in [6, 6.07) is 9.95. The zero-order chi connectivity index (χ0) is 20.9. The molecule has 29 heavy (non-hydrogen) atoms. The summed E-state index contributed by atoms with van der Waals surface area (Å²) in [6.45, 7) is 3.21. The Kier molecular flexibility index (Phi) is 5.04. The number of benzene rings is 1. The van der Waals surface area contributed by atoms with E-state index >= 15 is 0 Å². The van der Waals surface area contributed by atoms with Gasteiger partial charge in [0.1, 0.15) is 10.0 Å². The average Bonchev–Trinajstić information content (AvgIpc) is 3.23. The van der Waals surface area contributed by atoms with Gasteiger partial charge >= 0.3 is 0 Å². The Bertz CT molecular complexity index is 1230. The molecular formula is C20H20ClN3O3S2. The first-order valence-electron chi connectivity index (χ1n) is 9.22. The summed E-state index contributed by atoms with van der Waals surface area (Å²) < 4.78 is 28.7. The van der Waals surface area contributed by atoms with Crippen molar-refractivity contribution in [3.8, 4) is 10.4 Å². The zero-order valence-corrected chi connectivity index (χ0v) is 18.7. The summed E-state index contributed by atoms with van der Waals surface area (Å²) in [6.07, 6.45) is 1.75. The molecule has 0 N–H and O–H groups in total. The van der Waals surface area contributed by atoms with Crippen LogP contribution in [0.2, 0.25) is 5.15 Å². The summed E-state index contributed by atoms with van der Waals surface area (Å²) >= 11 is 7.52. The van der Waals surface area contributed by atoms with Crippen molar-refractivity contribution in [1.29, 1.82) is 0 Å². The highest BCUT2D eigenvalue weighted by molar-refractivity contribution is 7.89. The number of rotatable bonds is 4. The number of aryl methyl sites for hydroxylation is 4. The second-order valence-electron chi connectivity index (χ2n) is 6.93. The van der Waals surface area contributed by atoms with Crippen molar-refractivity contribution in [1.82, 2.24) is 14.1 Å². The van der Waals surface area contributed by atoms with Crippen LogP contribution in [0.3, 0.4) is 0 Å². The maximum Gasteiger partial charge on any atom is 0.277 e. The molecule has 1 amide bonds. The average molecular weight is 450 g/mol. The van der Waals surface area contributed by atoms with Crippen LogP contribution >= 0.6 is 22.9 Å². The SMILES string of the molecule is CCN(C(=O)c1cc2c(s1)-c1ccccc1CC2)S(=O)(=O)c1c(C)nn(C)c1Cl. The Balaban J connectivity index is 1.75. The monoisotopic (exact) mass is 449 g/mol. The Morgan fingerprint density at radius 2 is 1.97 bits per heavy atom. The molecule has 6 nitrogen and oxygen atoms in total. The largest absolute Gasteiger partial charge is 0.277 e. The lowest BCUT2D eigenvalue weighted by molar-refractivity contribution is 0.0870. The van der Waals surface area contributed by atoms with Gasteiger partial charge in [-0.05, 0) is 49.4 Å². The van der Waals surface area contributed by atoms with E-state index in [0.29, 0.717) is 4.88 Å². The van der Waals surface area contributed by atoms with E-state index in [-0.39, 0.29) is 22.3 Å². The third-order valence-corrected chi connectivity index (χ3v) is 8.86. The maximum atomic E-state index is 13.2. The first kappa shape index (κ1) is 20.1. The minimum atomic E-state index is -4.13. The number of nitrogens with zero attached hydrogens (tertiary/aromatic N) is 3. The van der Waals surface area contributed by atoms with Crippen LogP contribution < -0.4 is 0 Å². The fraction of sp³-hybridized carbons (Fsp3) is 0.300. The van der Waals surface area contributed by atoms with Crippen LogP contribution in [0.25, 0.3) is 10.4 Å². The van der Waals surface area contributed by atoms with E-state index in [1.165, 1.54) is 21.6 Å². The van der Waals surface area contributed by atoms with Crippen molar-refractivity contribution in [2.24, 2.45) is 7.05 Å². The van der Waals surface area contributed by atoms with E-state index in [0.717, 1.165) is 33.2 Å². The fourth-order valence-corrected chi connectivity index (χ4v) is 7.12. The van der Waals surface area contributed by atoms with Crippen LogP contribution in [-0.2, 0) is 29.9 Å². The molecule has 2 heterocycles. The van der Waals surface area contributed by atoms with Crippen LogP contribution in [0, 0.1) is 6.92 Å². The van der Waals surface area contributed by atoms with Crippen LogP contribution in [0.4, 0.5) is 0 Å². The van der Waals surface area contributed by atoms with Gasteiger partial charge in [-0.25, -0.2) is 12.7 Å². The molecule has 3 aromatic rings. The molecule has 0 saturated carbocycles. The van der Waals surface area contributed by atoms with E-state index in [4.69, 9.17) is 11.6 Å². The Morgan fingerprint density at radius 3 is 2.62 bits per heavy atom. The fourth-order valence-electron chi connectivity index (χ4n) is 3.74. The molecule has 2 aromatic heterocycles. The number of halogens is 1. The highest BCUT2D eigenvalue weighted by Gasteiger charge is 2.35. The number of aromatic nitrogens is 2. The summed E-state index contributed by atoms with van der Waals surface area (Å²) in [5.74, 6) is -0.538. The van der Waals surface area contributed by atoms with Crippen molar-refractivity contribution >= 4 is 38.9 Å². The van der Waals surface area contributed by atoms with E-state index < -0.39 is 15.9 Å². The third kappa shape index (κ3) is 3.19. The van der Waals surface area contributed by atoms with Gasteiger partial charge in [0, 0.05) is 18.5 Å². The Labute approximate surface area is 178 Å². The van der Waals surface area contributed by atoms with Crippen molar-refractivity contribution < 1.29 is 13.2 Å². The number of hydrogen-bond donors (Lipinski definition) is 0. The van der Waals surface area contributed by atoms with Crippen molar-refractivity contribution in [3.05, 3.63) is 57.2 Å². The van der Waals surface area contributed by atoms with Gasteiger partial charge in [-0.3, -0.25) is 9.48 Å². The molecule has 0 saturated heterocycles. The zero-order valence-electron chi connectivity index (χ0n) is 16.3. The maximum absolute atomic E-state index is 13.2. The molecule has 0 spiro atoms. The van der Waals surface area contributed by atoms with Gasteiger partial charge in [-0.1, -0.05) is 35.9 Å². The second kappa shape index (κ2) is 7.27. The van der Waals surface area contributed by atoms with E-state index in [2.05, 4.69) is 11.2 Å². The second-order valence-corrected chi connectivity index (χ2v) is 10.1. The quantitative estimate of drug-likeness (QED) is 0.602. The van der Waals surface area contributed by atoms with Gasteiger partial charge in [-0.2, -0.15) is 5.10 Å². The number of fused-ring (bicyclic) bond motifs is 3. The number of hydrogen-bond acceptors (Lipinski definition) is 5. The molecule has 0 aliphatic heterocycles. The summed E-state index contributed by atoms with van der Waals surface area (Å²) in [4.78, 5) is 14.6. The Hall–Kier alpha value is -2.16. The van der Waals surface area contributed by atoms with Gasteiger partial charge in [0.15, 0.2) is 0 Å². The highest BCUT2D eigenvalue weighted by atomic mass is 35.5. The molecule has 1 aliphatic rings. The van der Waals surface area contributed by atoms with Crippen molar-refractivity contribution in [2.45, 2.75) is 31.6 Å². The lowest BCUT2D eigenvalue weighted by Crippen LogP contribution is -2.36. The molecule has 152 valence electrons. The van der Waals surface area contributed by atoms with Gasteiger partial charge in [0.25, 0.3) is 15.9 Å². The molecule has 0 atom stereocenters. The standard InChI is InChI=1S/C20H20ClN3O3S2/c1-4-24(29(26,27)18-12(2)22-23(3)19(18)21)20(25)16-11-14-10-9-13-7-5-6-8-15(13)17(14)28-16/h5-8,11H,4,9-10H2,1-3H3. The van der Waals surface area contributed by atoms with E-state index in [9.17, 15) is 13.2 Å². The number of amides is 1. The first-order valence-corrected chi connectivity index (χ1v) is 11.9. The number of sulfonamides is 1. The summed E-state index contributed by atoms with van der Waals surface area (Å²) in [7, 11) is -2.56. The minimum absolute atomic E-state index is 0.00494. The lowest BCUT2D eigenvalue weighted by Gasteiger charge is -2.20. The van der Waals surface area contributed by atoms with E-state index in [1.54, 1.807) is 20.9 Å². The normalized spacial score (nSPS) is 13.1. The van der Waals surface area contributed by atoms with E-state index in [1.807, 2.05) is 24.3 Å². The number of thiophene rings is 1. The number of carbonyl (C=O) groups is 1. The van der Waals surface area contributed by atoms with Crippen LogP contribution in [0.5, 0.6) is 0 Å². The van der Waals surface area contributed by atoms with Gasteiger partial charge in [-0.15, -0.1) is 11.3 Å².